The summed E-state index contributed by atoms with van der Waals surface area (Å²) in [6.45, 7) is 4.36. The number of hydrogen-bond acceptors (Lipinski definition) is 4. The minimum Gasteiger partial charge on any atom is -0.269 e. The molecule has 6 heteroatoms. The topological polar surface area (TPSA) is 74.8 Å². The summed E-state index contributed by atoms with van der Waals surface area (Å²) in [5.74, 6) is -1.13. The van der Waals surface area contributed by atoms with Crippen molar-refractivity contribution in [2.75, 3.05) is 9.80 Å². The van der Waals surface area contributed by atoms with Gasteiger partial charge in [-0.15, -0.1) is 0 Å². The van der Waals surface area contributed by atoms with E-state index in [0.717, 1.165) is 22.6 Å². The number of nitrogens with zero attached hydrogens (tertiary/aromatic N) is 2. The Bertz CT molecular complexity index is 1130. The first-order valence-electron chi connectivity index (χ1n) is 11.7. The van der Waals surface area contributed by atoms with E-state index >= 15 is 0 Å². The van der Waals surface area contributed by atoms with E-state index in [4.69, 9.17) is 0 Å². The molecule has 4 amide bonds. The molecule has 0 aliphatic carbocycles. The van der Waals surface area contributed by atoms with Gasteiger partial charge < -0.3 is 0 Å². The predicted molar refractivity (Wildman–Crippen MR) is 141 cm³/mol. The number of imide groups is 2. The van der Waals surface area contributed by atoms with Crippen LogP contribution >= 0.6 is 0 Å². The molecule has 0 saturated carbocycles. The molecular weight excluding hydrogens is 452 g/mol. The molecule has 2 aliphatic rings. The molecule has 0 saturated heterocycles. The molecule has 6 nitrogen and oxygen atoms in total. The van der Waals surface area contributed by atoms with Gasteiger partial charge in [-0.1, -0.05) is 74.5 Å². The minimum atomic E-state index is -0.281. The van der Waals surface area contributed by atoms with Crippen LogP contribution in [0.5, 0.6) is 0 Å². The lowest BCUT2D eigenvalue weighted by Crippen LogP contribution is -2.29. The molecule has 36 heavy (non-hydrogen) atoms. The molecule has 0 unspecified atom stereocenters. The van der Waals surface area contributed by atoms with Crippen molar-refractivity contribution in [2.24, 2.45) is 0 Å². The van der Waals surface area contributed by atoms with E-state index in [1.165, 1.54) is 35.4 Å². The van der Waals surface area contributed by atoms with E-state index in [-0.39, 0.29) is 23.6 Å². The highest BCUT2D eigenvalue weighted by Gasteiger charge is 2.25. The molecule has 2 aliphatic heterocycles. The second kappa shape index (κ2) is 12.8. The zero-order chi connectivity index (χ0) is 25.9. The second-order valence-electron chi connectivity index (χ2n) is 7.89. The minimum absolute atomic E-state index is 0.281. The number of hydrogen-bond donors (Lipinski definition) is 0. The van der Waals surface area contributed by atoms with Gasteiger partial charge in [0.1, 0.15) is 0 Å². The smallest absolute Gasteiger partial charge is 0.258 e. The van der Waals surface area contributed by atoms with Crippen molar-refractivity contribution in [3.8, 4) is 0 Å². The average Bonchev–Trinajstić information content (AvgIpc) is 3.45. The zero-order valence-corrected chi connectivity index (χ0v) is 20.3. The summed E-state index contributed by atoms with van der Waals surface area (Å²) >= 11 is 0. The van der Waals surface area contributed by atoms with Gasteiger partial charge in [-0.05, 0) is 48.2 Å². The van der Waals surface area contributed by atoms with E-state index < -0.39 is 0 Å². The van der Waals surface area contributed by atoms with Gasteiger partial charge in [-0.2, -0.15) is 0 Å². The maximum absolute atomic E-state index is 11.2. The Morgan fingerprint density at radius 3 is 0.972 bits per heavy atom. The Hall–Kier alpha value is -4.58. The van der Waals surface area contributed by atoms with Crippen molar-refractivity contribution in [1.82, 2.24) is 0 Å². The van der Waals surface area contributed by atoms with Crippen LogP contribution in [0.25, 0.3) is 0 Å². The summed E-state index contributed by atoms with van der Waals surface area (Å²) in [5, 5.41) is 0. The molecule has 182 valence electrons. The number of aryl methyl sites for hydroxylation is 2. The lowest BCUT2D eigenvalue weighted by Gasteiger charge is -2.12. The molecule has 0 N–H and O–H groups in total. The Balaban J connectivity index is 0.000000152. The van der Waals surface area contributed by atoms with Crippen LogP contribution < -0.4 is 9.80 Å². The van der Waals surface area contributed by atoms with Crippen molar-refractivity contribution in [3.05, 3.63) is 120 Å². The maximum Gasteiger partial charge on any atom is 0.258 e. The summed E-state index contributed by atoms with van der Waals surface area (Å²) < 4.78 is 0. The summed E-state index contributed by atoms with van der Waals surface area (Å²) in [7, 11) is 0. The molecular formula is C30H28N2O4. The third-order valence-corrected chi connectivity index (χ3v) is 5.49. The third-order valence-electron chi connectivity index (χ3n) is 5.49. The Kier molecular flexibility index (Phi) is 9.23. The van der Waals surface area contributed by atoms with Crippen molar-refractivity contribution in [2.45, 2.75) is 26.7 Å². The maximum atomic E-state index is 11.2. The predicted octanol–water partition coefficient (Wildman–Crippen LogP) is 5.04. The quantitative estimate of drug-likeness (QED) is 0.490. The van der Waals surface area contributed by atoms with Gasteiger partial charge in [0.05, 0.1) is 11.4 Å². The van der Waals surface area contributed by atoms with Gasteiger partial charge >= 0.3 is 0 Å². The monoisotopic (exact) mass is 480 g/mol. The van der Waals surface area contributed by atoms with Gasteiger partial charge in [0, 0.05) is 24.3 Å². The Labute approximate surface area is 211 Å². The van der Waals surface area contributed by atoms with Crippen LogP contribution in [0, 0.1) is 0 Å². The molecule has 0 atom stereocenters. The van der Waals surface area contributed by atoms with Crippen LogP contribution in [-0.4, -0.2) is 23.6 Å². The van der Waals surface area contributed by atoms with Crippen LogP contribution in [0.1, 0.15) is 25.0 Å². The summed E-state index contributed by atoms with van der Waals surface area (Å²) in [4.78, 5) is 47.1. The normalized spacial score (nSPS) is 13.9. The van der Waals surface area contributed by atoms with Gasteiger partial charge in [0.25, 0.3) is 23.6 Å². The standard InChI is InChI=1S/2C10H7NO2.C10H14/c2*12-9-6-7-10(13)11(9)8-4-2-1-3-5-8;1-3-9-5-7-10(4-2)8-6-9/h2*1-7H;5-8H,3-4H2,1-2H3. The van der Waals surface area contributed by atoms with Crippen LogP contribution in [0.2, 0.25) is 0 Å². The molecule has 0 aromatic heterocycles. The summed E-state index contributed by atoms with van der Waals surface area (Å²) in [5.41, 5.74) is 4.08. The van der Waals surface area contributed by atoms with E-state index in [0.29, 0.717) is 11.4 Å². The fourth-order valence-electron chi connectivity index (χ4n) is 3.47. The van der Waals surface area contributed by atoms with E-state index in [2.05, 4.69) is 38.1 Å². The molecule has 0 spiro atoms. The van der Waals surface area contributed by atoms with Gasteiger partial charge in [-0.3, -0.25) is 19.2 Å². The lowest BCUT2D eigenvalue weighted by molar-refractivity contribution is -0.121. The molecule has 5 rings (SSSR count). The zero-order valence-electron chi connectivity index (χ0n) is 20.3. The van der Waals surface area contributed by atoms with Crippen molar-refractivity contribution in [3.63, 3.8) is 0 Å². The van der Waals surface area contributed by atoms with E-state index in [1.807, 2.05) is 12.1 Å². The number of carbonyl (C=O) groups excluding carboxylic acids is 4. The second-order valence-corrected chi connectivity index (χ2v) is 7.89. The number of carbonyl (C=O) groups is 4. The fourth-order valence-corrected chi connectivity index (χ4v) is 3.47. The molecule has 2 heterocycles. The summed E-state index contributed by atoms with van der Waals surface area (Å²) in [6, 6.07) is 26.5. The molecule has 0 fully saturated rings. The number of rotatable bonds is 4. The average molecular weight is 481 g/mol. The highest BCUT2D eigenvalue weighted by atomic mass is 16.2. The fraction of sp³-hybridized carbons (Fsp3) is 0.133. The molecule has 3 aromatic rings. The van der Waals surface area contributed by atoms with Gasteiger partial charge in [0.15, 0.2) is 0 Å². The van der Waals surface area contributed by atoms with Crippen LogP contribution in [0.4, 0.5) is 11.4 Å². The highest BCUT2D eigenvalue weighted by Crippen LogP contribution is 2.18. The largest absolute Gasteiger partial charge is 0.269 e. The summed E-state index contributed by atoms with van der Waals surface area (Å²) in [6.07, 6.45) is 7.38. The molecule has 0 bridgehead atoms. The molecule has 3 aromatic carbocycles. The molecule has 0 radical (unpaired) electrons. The Morgan fingerprint density at radius 2 is 0.722 bits per heavy atom. The Morgan fingerprint density at radius 1 is 0.444 bits per heavy atom. The van der Waals surface area contributed by atoms with E-state index in [9.17, 15) is 19.2 Å². The van der Waals surface area contributed by atoms with Crippen molar-refractivity contribution >= 4 is 35.0 Å². The number of amides is 4. The van der Waals surface area contributed by atoms with Crippen LogP contribution in [0.15, 0.2) is 109 Å². The van der Waals surface area contributed by atoms with Crippen LogP contribution in [-0.2, 0) is 32.0 Å². The number of benzene rings is 3. The van der Waals surface area contributed by atoms with Crippen molar-refractivity contribution in [1.29, 1.82) is 0 Å². The van der Waals surface area contributed by atoms with Crippen molar-refractivity contribution < 1.29 is 19.2 Å². The van der Waals surface area contributed by atoms with Crippen LogP contribution in [0.3, 0.4) is 0 Å². The first kappa shape index (κ1) is 26.0. The lowest BCUT2D eigenvalue weighted by atomic mass is 10.1. The highest BCUT2D eigenvalue weighted by molar-refractivity contribution is 6.28. The van der Waals surface area contributed by atoms with Gasteiger partial charge in [0.2, 0.25) is 0 Å². The first-order chi connectivity index (χ1) is 17.4. The van der Waals surface area contributed by atoms with Gasteiger partial charge in [-0.25, -0.2) is 9.80 Å². The third kappa shape index (κ3) is 6.73. The SMILES string of the molecule is CCc1ccc(CC)cc1.O=C1C=CC(=O)N1c1ccccc1.O=C1C=CC(=O)N1c1ccccc1. The van der Waals surface area contributed by atoms with E-state index in [1.54, 1.807) is 48.5 Å². The number of para-hydroxylation sites is 2. The first-order valence-corrected chi connectivity index (χ1v) is 11.7. The number of anilines is 2.